The average molecular weight is 348 g/mol. The molecule has 0 atom stereocenters. The molecule has 1 rings (SSSR count). The van der Waals surface area contributed by atoms with E-state index in [1.54, 1.807) is 12.1 Å². The van der Waals surface area contributed by atoms with Crippen LogP contribution in [0.5, 0.6) is 0 Å². The molecule has 0 N–H and O–H groups in total. The fraction of sp³-hybridized carbons (Fsp3) is 0.286. The quantitative estimate of drug-likeness (QED) is 0.589. The van der Waals surface area contributed by atoms with Crippen molar-refractivity contribution in [2.24, 2.45) is 0 Å². The molecule has 0 saturated heterocycles. The van der Waals surface area contributed by atoms with Crippen LogP contribution in [-0.4, -0.2) is 4.98 Å². The van der Waals surface area contributed by atoms with Gasteiger partial charge in [-0.15, -0.1) is 0 Å². The summed E-state index contributed by atoms with van der Waals surface area (Å²) in [7, 11) is 0. The van der Waals surface area contributed by atoms with Gasteiger partial charge in [-0.2, -0.15) is 0 Å². The lowest BCUT2D eigenvalue weighted by molar-refractivity contribution is 0.145. The lowest BCUT2D eigenvalue weighted by Crippen LogP contribution is -1.97. The summed E-state index contributed by atoms with van der Waals surface area (Å²) in [4.78, 5) is 3.79. The van der Waals surface area contributed by atoms with E-state index in [-0.39, 0.29) is 5.69 Å². The van der Waals surface area contributed by atoms with Gasteiger partial charge in [0.05, 0.1) is 5.69 Å². The van der Waals surface area contributed by atoms with Gasteiger partial charge in [-0.3, -0.25) is 0 Å². The molecule has 0 saturated carbocycles. The number of aromatic nitrogens is 1. The summed E-state index contributed by atoms with van der Waals surface area (Å²) < 4.78 is 25.0. The van der Waals surface area contributed by atoms with Crippen LogP contribution in [0.4, 0.5) is 8.78 Å². The van der Waals surface area contributed by atoms with E-state index in [1.165, 1.54) is 0 Å². The van der Waals surface area contributed by atoms with E-state index < -0.39 is 6.43 Å². The van der Waals surface area contributed by atoms with E-state index in [0.29, 0.717) is 14.6 Å². The van der Waals surface area contributed by atoms with Crippen LogP contribution in [0.25, 0.3) is 0 Å². The Morgan fingerprint density at radius 3 is 2.67 bits per heavy atom. The van der Waals surface area contributed by atoms with Gasteiger partial charge in [0.15, 0.2) is 0 Å². The maximum Gasteiger partial charge on any atom is 0.281 e. The van der Waals surface area contributed by atoms with Crippen molar-refractivity contribution in [1.29, 1.82) is 0 Å². The largest absolute Gasteiger partial charge is 0.281 e. The summed E-state index contributed by atoms with van der Waals surface area (Å²) in [6.07, 6.45) is -2.49. The fourth-order valence-electron chi connectivity index (χ4n) is 0.728. The zero-order valence-electron chi connectivity index (χ0n) is 5.90. The van der Waals surface area contributed by atoms with Crippen molar-refractivity contribution in [2.75, 3.05) is 0 Å². The van der Waals surface area contributed by atoms with Gasteiger partial charge in [0.2, 0.25) is 0 Å². The first-order chi connectivity index (χ1) is 5.65. The van der Waals surface area contributed by atoms with Crippen molar-refractivity contribution in [2.45, 2.75) is 11.8 Å². The highest BCUT2D eigenvalue weighted by Crippen LogP contribution is 2.22. The molecule has 0 aliphatic heterocycles. The molecule has 0 radical (unpaired) electrons. The van der Waals surface area contributed by atoms with E-state index in [1.807, 2.05) is 22.6 Å². The van der Waals surface area contributed by atoms with Crippen LogP contribution < -0.4 is 0 Å². The Morgan fingerprint density at radius 1 is 1.50 bits per heavy atom. The third-order valence-electron chi connectivity index (χ3n) is 1.27. The van der Waals surface area contributed by atoms with Crippen LogP contribution in [0.1, 0.15) is 17.8 Å². The average Bonchev–Trinajstić information content (AvgIpc) is 2.05. The van der Waals surface area contributed by atoms with Crippen LogP contribution in [0.15, 0.2) is 12.1 Å². The van der Waals surface area contributed by atoms with Gasteiger partial charge in [0.1, 0.15) is 5.69 Å². The van der Waals surface area contributed by atoms with Crippen LogP contribution in [0.3, 0.4) is 0 Å². The third kappa shape index (κ3) is 2.35. The highest BCUT2D eigenvalue weighted by molar-refractivity contribution is 14.1. The van der Waals surface area contributed by atoms with Gasteiger partial charge in [-0.25, -0.2) is 13.8 Å². The second-order valence-corrected chi connectivity index (χ2v) is 3.83. The monoisotopic (exact) mass is 347 g/mol. The molecule has 1 aromatic rings. The highest BCUT2D eigenvalue weighted by atomic mass is 127. The standard InChI is InChI=1S/C7H5BrF2IN/c8-3-4-1-2-5(11)6(12-4)7(9)10/h1-2,7H,3H2. The van der Waals surface area contributed by atoms with Gasteiger partial charge >= 0.3 is 0 Å². The summed E-state index contributed by atoms with van der Waals surface area (Å²) in [5.74, 6) is 0. The summed E-state index contributed by atoms with van der Waals surface area (Å²) in [6.45, 7) is 0. The van der Waals surface area contributed by atoms with Gasteiger partial charge < -0.3 is 0 Å². The number of alkyl halides is 3. The van der Waals surface area contributed by atoms with Crippen molar-refractivity contribution in [1.82, 2.24) is 4.98 Å². The minimum absolute atomic E-state index is 0.132. The number of halogens is 4. The number of nitrogens with zero attached hydrogens (tertiary/aromatic N) is 1. The smallest absolute Gasteiger partial charge is 0.250 e. The summed E-state index contributed by atoms with van der Waals surface area (Å²) in [6, 6.07) is 3.37. The van der Waals surface area contributed by atoms with E-state index in [4.69, 9.17) is 0 Å². The number of hydrogen-bond donors (Lipinski definition) is 0. The predicted octanol–water partition coefficient (Wildman–Crippen LogP) is 3.52. The molecule has 5 heteroatoms. The van der Waals surface area contributed by atoms with Crippen molar-refractivity contribution < 1.29 is 8.78 Å². The molecule has 0 amide bonds. The molecule has 0 aliphatic carbocycles. The summed E-state index contributed by atoms with van der Waals surface area (Å²) >= 11 is 5.01. The molecule has 0 aliphatic rings. The van der Waals surface area contributed by atoms with Crippen LogP contribution in [0.2, 0.25) is 0 Å². The first kappa shape index (κ1) is 10.3. The molecule has 0 aromatic carbocycles. The van der Waals surface area contributed by atoms with Gasteiger partial charge in [-0.05, 0) is 34.7 Å². The van der Waals surface area contributed by atoms with E-state index >= 15 is 0 Å². The third-order valence-corrected chi connectivity index (χ3v) is 2.76. The highest BCUT2D eigenvalue weighted by Gasteiger charge is 2.13. The first-order valence-corrected chi connectivity index (χ1v) is 5.34. The van der Waals surface area contributed by atoms with E-state index in [9.17, 15) is 8.78 Å². The van der Waals surface area contributed by atoms with Gasteiger partial charge in [0.25, 0.3) is 6.43 Å². The number of pyridine rings is 1. The lowest BCUT2D eigenvalue weighted by atomic mass is 10.3. The Hall–Kier alpha value is 0.220. The molecule has 1 heterocycles. The molecular weight excluding hydrogens is 343 g/mol. The van der Waals surface area contributed by atoms with Crippen molar-refractivity contribution in [3.63, 3.8) is 0 Å². The van der Waals surface area contributed by atoms with Crippen LogP contribution in [-0.2, 0) is 5.33 Å². The molecule has 1 nitrogen and oxygen atoms in total. The first-order valence-electron chi connectivity index (χ1n) is 3.14. The SMILES string of the molecule is FC(F)c1nc(CBr)ccc1I. The van der Waals surface area contributed by atoms with Gasteiger partial charge in [-0.1, -0.05) is 15.9 Å². The Labute approximate surface area is 90.8 Å². The maximum atomic E-state index is 12.3. The van der Waals surface area contributed by atoms with Gasteiger partial charge in [0, 0.05) is 8.90 Å². The Bertz CT molecular complexity index is 280. The normalized spacial score (nSPS) is 10.8. The van der Waals surface area contributed by atoms with Crippen molar-refractivity contribution >= 4 is 38.5 Å². The van der Waals surface area contributed by atoms with Crippen molar-refractivity contribution in [3.05, 3.63) is 27.1 Å². The second kappa shape index (κ2) is 4.45. The molecule has 0 spiro atoms. The minimum Gasteiger partial charge on any atom is -0.250 e. The number of hydrogen-bond acceptors (Lipinski definition) is 1. The van der Waals surface area contributed by atoms with E-state index in [2.05, 4.69) is 20.9 Å². The molecule has 0 unspecified atom stereocenters. The zero-order chi connectivity index (χ0) is 9.14. The number of rotatable bonds is 2. The Kier molecular flexibility index (Phi) is 3.82. The minimum atomic E-state index is -2.49. The topological polar surface area (TPSA) is 12.9 Å². The summed E-state index contributed by atoms with van der Waals surface area (Å²) in [5, 5.41) is 0.504. The molecule has 0 fully saturated rings. The fourth-order valence-corrected chi connectivity index (χ4v) is 1.58. The molecule has 0 bridgehead atoms. The molecule has 66 valence electrons. The van der Waals surface area contributed by atoms with E-state index in [0.717, 1.165) is 0 Å². The predicted molar refractivity (Wildman–Crippen MR) is 54.5 cm³/mol. The zero-order valence-corrected chi connectivity index (χ0v) is 9.64. The second-order valence-electron chi connectivity index (χ2n) is 2.10. The van der Waals surface area contributed by atoms with Crippen LogP contribution >= 0.6 is 38.5 Å². The maximum absolute atomic E-state index is 12.3. The molecule has 1 aromatic heterocycles. The molecule has 12 heavy (non-hydrogen) atoms. The Balaban J connectivity index is 3.08. The van der Waals surface area contributed by atoms with Crippen LogP contribution in [0, 0.1) is 3.57 Å². The van der Waals surface area contributed by atoms with Crippen molar-refractivity contribution in [3.8, 4) is 0 Å². The lowest BCUT2D eigenvalue weighted by Gasteiger charge is -2.03. The Morgan fingerprint density at radius 2 is 2.17 bits per heavy atom. The molecular formula is C7H5BrF2IN. The summed E-state index contributed by atoms with van der Waals surface area (Å²) in [5.41, 5.74) is 0.498.